The Morgan fingerprint density at radius 2 is 2.15 bits per heavy atom. The molecule has 2 rings (SSSR count). The summed E-state index contributed by atoms with van der Waals surface area (Å²) in [4.78, 5) is 25.0. The predicted molar refractivity (Wildman–Crippen MR) is 72.3 cm³/mol. The molecule has 0 aromatic heterocycles. The standard InChI is InChI=1S/C14H15ClFNO3/c1-8-4-3-7-17(12(8)14(19)20)13(18)9-5-2-6-10(15)11(9)16/h2,5-6,8,12H,3-4,7H2,1H3,(H,19,20). The van der Waals surface area contributed by atoms with Crippen LogP contribution in [0.15, 0.2) is 18.2 Å². The molecule has 1 fully saturated rings. The summed E-state index contributed by atoms with van der Waals surface area (Å²) in [5.74, 6) is -2.65. The Kier molecular flexibility index (Phi) is 4.28. The maximum atomic E-state index is 13.9. The van der Waals surface area contributed by atoms with Crippen molar-refractivity contribution in [2.75, 3.05) is 6.54 Å². The average molecular weight is 300 g/mol. The summed E-state index contributed by atoms with van der Waals surface area (Å²) in [6.45, 7) is 2.10. The normalized spacial score (nSPS) is 22.6. The van der Waals surface area contributed by atoms with Gasteiger partial charge in [0.1, 0.15) is 6.04 Å². The first kappa shape index (κ1) is 14.8. The highest BCUT2D eigenvalue weighted by atomic mass is 35.5. The Morgan fingerprint density at radius 1 is 1.45 bits per heavy atom. The van der Waals surface area contributed by atoms with E-state index in [0.717, 1.165) is 6.42 Å². The molecule has 1 aliphatic heterocycles. The van der Waals surface area contributed by atoms with Gasteiger partial charge in [0, 0.05) is 6.54 Å². The molecule has 2 unspecified atom stereocenters. The minimum atomic E-state index is -1.06. The van der Waals surface area contributed by atoms with E-state index in [0.29, 0.717) is 13.0 Å². The number of hydrogen-bond donors (Lipinski definition) is 1. The van der Waals surface area contributed by atoms with E-state index in [9.17, 15) is 19.1 Å². The number of rotatable bonds is 2. The van der Waals surface area contributed by atoms with Gasteiger partial charge >= 0.3 is 5.97 Å². The molecule has 0 aliphatic carbocycles. The van der Waals surface area contributed by atoms with E-state index >= 15 is 0 Å². The third-order valence-corrected chi connectivity index (χ3v) is 3.92. The van der Waals surface area contributed by atoms with E-state index in [1.54, 1.807) is 6.92 Å². The van der Waals surface area contributed by atoms with Gasteiger partial charge in [-0.2, -0.15) is 0 Å². The van der Waals surface area contributed by atoms with Crippen LogP contribution >= 0.6 is 11.6 Å². The number of carbonyl (C=O) groups excluding carboxylic acids is 1. The molecule has 1 aromatic carbocycles. The second kappa shape index (κ2) is 5.79. The largest absolute Gasteiger partial charge is 0.480 e. The molecule has 1 amide bonds. The maximum absolute atomic E-state index is 13.9. The number of nitrogens with zero attached hydrogens (tertiary/aromatic N) is 1. The third-order valence-electron chi connectivity index (χ3n) is 3.63. The van der Waals surface area contributed by atoms with Gasteiger partial charge in [0.15, 0.2) is 5.82 Å². The summed E-state index contributed by atoms with van der Waals surface area (Å²) in [7, 11) is 0. The van der Waals surface area contributed by atoms with Crippen molar-refractivity contribution < 1.29 is 19.1 Å². The number of hydrogen-bond acceptors (Lipinski definition) is 2. The van der Waals surface area contributed by atoms with E-state index in [4.69, 9.17) is 11.6 Å². The Bertz CT molecular complexity index is 549. The number of halogens is 2. The number of amides is 1. The molecule has 1 aromatic rings. The van der Waals surface area contributed by atoms with Crippen molar-refractivity contribution in [3.63, 3.8) is 0 Å². The van der Waals surface area contributed by atoms with Crippen LogP contribution in [0.2, 0.25) is 5.02 Å². The quantitative estimate of drug-likeness (QED) is 0.913. The minimum absolute atomic E-state index is 0.146. The molecule has 2 atom stereocenters. The molecular weight excluding hydrogens is 285 g/mol. The van der Waals surface area contributed by atoms with Crippen LogP contribution in [0.25, 0.3) is 0 Å². The fourth-order valence-corrected chi connectivity index (χ4v) is 2.79. The molecule has 1 aliphatic rings. The minimum Gasteiger partial charge on any atom is -0.480 e. The van der Waals surface area contributed by atoms with E-state index in [1.165, 1.54) is 23.1 Å². The smallest absolute Gasteiger partial charge is 0.326 e. The van der Waals surface area contributed by atoms with Gasteiger partial charge in [-0.25, -0.2) is 9.18 Å². The Balaban J connectivity index is 2.35. The molecule has 1 saturated heterocycles. The first-order valence-electron chi connectivity index (χ1n) is 6.41. The highest BCUT2D eigenvalue weighted by Crippen LogP contribution is 2.27. The Hall–Kier alpha value is -1.62. The molecule has 6 heteroatoms. The number of piperidine rings is 1. The Labute approximate surface area is 121 Å². The second-order valence-corrected chi connectivity index (χ2v) is 5.41. The van der Waals surface area contributed by atoms with E-state index in [-0.39, 0.29) is 16.5 Å². The van der Waals surface area contributed by atoms with Crippen LogP contribution in [-0.4, -0.2) is 34.5 Å². The van der Waals surface area contributed by atoms with Crippen molar-refractivity contribution in [3.8, 4) is 0 Å². The zero-order valence-electron chi connectivity index (χ0n) is 11.0. The average Bonchev–Trinajstić information content (AvgIpc) is 2.40. The van der Waals surface area contributed by atoms with Gasteiger partial charge in [-0.05, 0) is 30.9 Å². The molecule has 0 spiro atoms. The molecule has 4 nitrogen and oxygen atoms in total. The summed E-state index contributed by atoms with van der Waals surface area (Å²) >= 11 is 5.66. The molecule has 0 saturated carbocycles. The highest BCUT2D eigenvalue weighted by Gasteiger charge is 2.38. The van der Waals surface area contributed by atoms with Crippen LogP contribution in [0.1, 0.15) is 30.1 Å². The summed E-state index contributed by atoms with van der Waals surface area (Å²) in [6.07, 6.45) is 1.44. The molecule has 20 heavy (non-hydrogen) atoms. The van der Waals surface area contributed by atoms with Crippen LogP contribution < -0.4 is 0 Å². The van der Waals surface area contributed by atoms with Gasteiger partial charge in [0.2, 0.25) is 0 Å². The zero-order valence-corrected chi connectivity index (χ0v) is 11.7. The van der Waals surface area contributed by atoms with Crippen molar-refractivity contribution in [2.24, 2.45) is 5.92 Å². The molecule has 108 valence electrons. The number of carbonyl (C=O) groups is 2. The van der Waals surface area contributed by atoms with Gasteiger partial charge in [-0.3, -0.25) is 4.79 Å². The molecule has 0 radical (unpaired) electrons. The lowest BCUT2D eigenvalue weighted by Gasteiger charge is -2.37. The lowest BCUT2D eigenvalue weighted by Crippen LogP contribution is -2.52. The number of aliphatic carboxylic acids is 1. The number of carboxylic acid groups (broad SMARTS) is 1. The third kappa shape index (κ3) is 2.63. The fourth-order valence-electron chi connectivity index (χ4n) is 2.62. The second-order valence-electron chi connectivity index (χ2n) is 5.00. The summed E-state index contributed by atoms with van der Waals surface area (Å²) < 4.78 is 13.9. The predicted octanol–water partition coefficient (Wildman–Crippen LogP) is 2.80. The van der Waals surface area contributed by atoms with E-state index in [2.05, 4.69) is 0 Å². The zero-order chi connectivity index (χ0) is 14.9. The molecule has 1 heterocycles. The van der Waals surface area contributed by atoms with Crippen LogP contribution in [0.5, 0.6) is 0 Å². The van der Waals surface area contributed by atoms with Crippen molar-refractivity contribution >= 4 is 23.5 Å². The first-order chi connectivity index (χ1) is 9.43. The Morgan fingerprint density at radius 3 is 2.80 bits per heavy atom. The van der Waals surface area contributed by atoms with E-state index < -0.39 is 23.7 Å². The summed E-state index contributed by atoms with van der Waals surface area (Å²) in [5.41, 5.74) is -0.183. The molecular formula is C14H15ClFNO3. The van der Waals surface area contributed by atoms with Crippen molar-refractivity contribution in [3.05, 3.63) is 34.6 Å². The van der Waals surface area contributed by atoms with Crippen molar-refractivity contribution in [2.45, 2.75) is 25.8 Å². The van der Waals surface area contributed by atoms with Gasteiger partial charge < -0.3 is 10.0 Å². The molecule has 0 bridgehead atoms. The van der Waals surface area contributed by atoms with E-state index in [1.807, 2.05) is 0 Å². The first-order valence-corrected chi connectivity index (χ1v) is 6.79. The summed E-state index contributed by atoms with van der Waals surface area (Å²) in [6, 6.07) is 3.22. The topological polar surface area (TPSA) is 57.6 Å². The van der Waals surface area contributed by atoms with Crippen molar-refractivity contribution in [1.29, 1.82) is 0 Å². The van der Waals surface area contributed by atoms with Crippen molar-refractivity contribution in [1.82, 2.24) is 4.90 Å². The highest BCUT2D eigenvalue weighted by molar-refractivity contribution is 6.31. The number of carboxylic acids is 1. The fraction of sp³-hybridized carbons (Fsp3) is 0.429. The van der Waals surface area contributed by atoms with Gasteiger partial charge in [-0.15, -0.1) is 0 Å². The van der Waals surface area contributed by atoms with Crippen LogP contribution in [0, 0.1) is 11.7 Å². The van der Waals surface area contributed by atoms with Crippen LogP contribution in [0.4, 0.5) is 4.39 Å². The number of benzene rings is 1. The summed E-state index contributed by atoms with van der Waals surface area (Å²) in [5, 5.41) is 9.14. The van der Waals surface area contributed by atoms with Crippen LogP contribution in [-0.2, 0) is 4.79 Å². The lowest BCUT2D eigenvalue weighted by atomic mass is 9.90. The lowest BCUT2D eigenvalue weighted by molar-refractivity contribution is -0.145. The SMILES string of the molecule is CC1CCCN(C(=O)c2cccc(Cl)c2F)C1C(=O)O. The maximum Gasteiger partial charge on any atom is 0.326 e. The number of likely N-dealkylation sites (tertiary alicyclic amines) is 1. The van der Waals surface area contributed by atoms with Gasteiger partial charge in [0.05, 0.1) is 10.6 Å². The molecule has 1 N–H and O–H groups in total. The van der Waals surface area contributed by atoms with Gasteiger partial charge in [-0.1, -0.05) is 24.6 Å². The van der Waals surface area contributed by atoms with Crippen LogP contribution in [0.3, 0.4) is 0 Å². The van der Waals surface area contributed by atoms with Gasteiger partial charge in [0.25, 0.3) is 5.91 Å². The monoisotopic (exact) mass is 299 g/mol.